The summed E-state index contributed by atoms with van der Waals surface area (Å²) >= 11 is 0. The molecule has 2 heteroatoms. The molecule has 110 valence electrons. The van der Waals surface area contributed by atoms with Gasteiger partial charge in [-0.2, -0.15) is 0 Å². The summed E-state index contributed by atoms with van der Waals surface area (Å²) in [6.07, 6.45) is 2.38. The van der Waals surface area contributed by atoms with Gasteiger partial charge in [0.1, 0.15) is 5.75 Å². The largest absolute Gasteiger partial charge is 0.496 e. The zero-order valence-corrected chi connectivity index (χ0v) is 12.8. The molecule has 0 saturated heterocycles. The van der Waals surface area contributed by atoms with E-state index < -0.39 is 0 Å². The Labute approximate surface area is 127 Å². The molecule has 0 radical (unpaired) electrons. The fourth-order valence-corrected chi connectivity index (χ4v) is 3.26. The minimum atomic E-state index is 0.252. The molecule has 2 atom stereocenters. The summed E-state index contributed by atoms with van der Waals surface area (Å²) in [6, 6.07) is 19.1. The Balaban J connectivity index is 1.69. The van der Waals surface area contributed by atoms with Gasteiger partial charge in [0.15, 0.2) is 0 Å². The highest BCUT2D eigenvalue weighted by atomic mass is 16.5. The van der Waals surface area contributed by atoms with E-state index in [2.05, 4.69) is 54.7 Å². The van der Waals surface area contributed by atoms with E-state index in [4.69, 9.17) is 4.74 Å². The molecule has 2 aromatic rings. The summed E-state index contributed by atoms with van der Waals surface area (Å²) < 4.78 is 5.44. The number of nitrogens with one attached hydrogen (secondary N) is 1. The van der Waals surface area contributed by atoms with Gasteiger partial charge in [0.2, 0.25) is 0 Å². The van der Waals surface area contributed by atoms with Crippen molar-refractivity contribution in [1.29, 1.82) is 0 Å². The number of benzene rings is 2. The molecule has 0 spiro atoms. The van der Waals surface area contributed by atoms with Crippen molar-refractivity contribution in [3.05, 3.63) is 65.7 Å². The second kappa shape index (κ2) is 5.90. The Morgan fingerprint density at radius 3 is 2.52 bits per heavy atom. The van der Waals surface area contributed by atoms with Crippen LogP contribution in [0.4, 0.5) is 0 Å². The first-order valence-electron chi connectivity index (χ1n) is 7.71. The first kappa shape index (κ1) is 14.2. The fraction of sp³-hybridized carbons (Fsp3) is 0.368. The van der Waals surface area contributed by atoms with Crippen LogP contribution in [0.1, 0.15) is 36.8 Å². The number of ether oxygens (including phenoxy) is 1. The van der Waals surface area contributed by atoms with Gasteiger partial charge in [-0.15, -0.1) is 0 Å². The lowest BCUT2D eigenvalue weighted by Gasteiger charge is -2.19. The van der Waals surface area contributed by atoms with E-state index in [9.17, 15) is 0 Å². The molecule has 3 rings (SSSR count). The van der Waals surface area contributed by atoms with Crippen LogP contribution in [0.3, 0.4) is 0 Å². The zero-order valence-electron chi connectivity index (χ0n) is 12.8. The topological polar surface area (TPSA) is 21.3 Å². The SMILES string of the molecule is CCC1(NCc2ccccc2OC)CC1c1ccccc1. The average Bonchev–Trinajstić information content (AvgIpc) is 3.29. The molecule has 1 aliphatic rings. The summed E-state index contributed by atoms with van der Waals surface area (Å²) in [4.78, 5) is 0. The van der Waals surface area contributed by atoms with Crippen molar-refractivity contribution in [3.8, 4) is 5.75 Å². The second-order valence-electron chi connectivity index (χ2n) is 5.84. The number of hydrogen-bond acceptors (Lipinski definition) is 2. The second-order valence-corrected chi connectivity index (χ2v) is 5.84. The van der Waals surface area contributed by atoms with Crippen LogP contribution in [-0.2, 0) is 6.54 Å². The minimum Gasteiger partial charge on any atom is -0.496 e. The van der Waals surface area contributed by atoms with E-state index >= 15 is 0 Å². The van der Waals surface area contributed by atoms with Crippen molar-refractivity contribution >= 4 is 0 Å². The monoisotopic (exact) mass is 281 g/mol. The van der Waals surface area contributed by atoms with Crippen molar-refractivity contribution in [3.63, 3.8) is 0 Å². The van der Waals surface area contributed by atoms with Gasteiger partial charge in [-0.3, -0.25) is 0 Å². The Morgan fingerprint density at radius 1 is 1.10 bits per heavy atom. The normalized spacial score (nSPS) is 23.8. The Bertz CT molecular complexity index is 596. The predicted molar refractivity (Wildman–Crippen MR) is 86.7 cm³/mol. The van der Waals surface area contributed by atoms with Crippen LogP contribution < -0.4 is 10.1 Å². The quantitative estimate of drug-likeness (QED) is 0.860. The van der Waals surface area contributed by atoms with Crippen molar-refractivity contribution in [1.82, 2.24) is 5.32 Å². The molecule has 21 heavy (non-hydrogen) atoms. The van der Waals surface area contributed by atoms with Gasteiger partial charge in [-0.1, -0.05) is 55.5 Å². The Hall–Kier alpha value is -1.80. The maximum Gasteiger partial charge on any atom is 0.123 e. The van der Waals surface area contributed by atoms with E-state index in [0.717, 1.165) is 18.7 Å². The van der Waals surface area contributed by atoms with Crippen LogP contribution in [0.25, 0.3) is 0 Å². The molecule has 1 saturated carbocycles. The van der Waals surface area contributed by atoms with E-state index in [1.54, 1.807) is 7.11 Å². The van der Waals surface area contributed by atoms with Crippen molar-refractivity contribution in [2.24, 2.45) is 0 Å². The molecule has 0 heterocycles. The first-order chi connectivity index (χ1) is 10.3. The van der Waals surface area contributed by atoms with Gasteiger partial charge >= 0.3 is 0 Å². The van der Waals surface area contributed by atoms with Crippen LogP contribution >= 0.6 is 0 Å². The summed E-state index contributed by atoms with van der Waals surface area (Å²) in [5.74, 6) is 1.60. The lowest BCUT2D eigenvalue weighted by atomic mass is 10.0. The van der Waals surface area contributed by atoms with Gasteiger partial charge in [-0.05, 0) is 24.5 Å². The molecule has 2 nitrogen and oxygen atoms in total. The van der Waals surface area contributed by atoms with Crippen LogP contribution in [0.2, 0.25) is 0 Å². The third-order valence-electron chi connectivity index (χ3n) is 4.73. The zero-order chi connectivity index (χ0) is 14.7. The molecule has 1 N–H and O–H groups in total. The van der Waals surface area contributed by atoms with Crippen molar-refractivity contribution in [2.45, 2.75) is 37.8 Å². The molecular weight excluding hydrogens is 258 g/mol. The molecule has 2 unspecified atom stereocenters. The van der Waals surface area contributed by atoms with E-state index in [-0.39, 0.29) is 5.54 Å². The highest BCUT2D eigenvalue weighted by Gasteiger charge is 2.52. The van der Waals surface area contributed by atoms with E-state index in [1.165, 1.54) is 17.5 Å². The summed E-state index contributed by atoms with van der Waals surface area (Å²) in [6.45, 7) is 3.14. The number of rotatable bonds is 6. The summed E-state index contributed by atoms with van der Waals surface area (Å²) in [7, 11) is 1.73. The van der Waals surface area contributed by atoms with Crippen LogP contribution in [-0.4, -0.2) is 12.6 Å². The first-order valence-corrected chi connectivity index (χ1v) is 7.71. The molecule has 0 amide bonds. The maximum atomic E-state index is 5.44. The van der Waals surface area contributed by atoms with Gasteiger partial charge in [0.25, 0.3) is 0 Å². The highest BCUT2D eigenvalue weighted by molar-refractivity contribution is 5.36. The molecule has 0 bridgehead atoms. The highest BCUT2D eigenvalue weighted by Crippen LogP contribution is 2.53. The lowest BCUT2D eigenvalue weighted by molar-refractivity contribution is 0.401. The molecule has 0 aliphatic heterocycles. The van der Waals surface area contributed by atoms with Gasteiger partial charge in [0, 0.05) is 23.6 Å². The molecule has 1 fully saturated rings. The number of methoxy groups -OCH3 is 1. The molecule has 2 aromatic carbocycles. The average molecular weight is 281 g/mol. The third-order valence-corrected chi connectivity index (χ3v) is 4.73. The minimum absolute atomic E-state index is 0.252. The van der Waals surface area contributed by atoms with Crippen LogP contribution in [0, 0.1) is 0 Å². The number of hydrogen-bond donors (Lipinski definition) is 1. The van der Waals surface area contributed by atoms with Crippen LogP contribution in [0.5, 0.6) is 5.75 Å². The van der Waals surface area contributed by atoms with E-state index in [1.807, 2.05) is 12.1 Å². The van der Waals surface area contributed by atoms with Crippen molar-refractivity contribution < 1.29 is 4.74 Å². The van der Waals surface area contributed by atoms with Gasteiger partial charge < -0.3 is 10.1 Å². The Kier molecular flexibility index (Phi) is 3.98. The number of para-hydroxylation sites is 1. The lowest BCUT2D eigenvalue weighted by Crippen LogP contribution is -2.32. The third kappa shape index (κ3) is 2.81. The van der Waals surface area contributed by atoms with E-state index in [0.29, 0.717) is 5.92 Å². The fourth-order valence-electron chi connectivity index (χ4n) is 3.26. The Morgan fingerprint density at radius 2 is 1.81 bits per heavy atom. The van der Waals surface area contributed by atoms with Gasteiger partial charge in [-0.25, -0.2) is 0 Å². The standard InChI is InChI=1S/C19H23NO/c1-3-19(13-17(19)15-9-5-4-6-10-15)20-14-16-11-7-8-12-18(16)21-2/h4-12,17,20H,3,13-14H2,1-2H3. The van der Waals surface area contributed by atoms with Crippen LogP contribution in [0.15, 0.2) is 54.6 Å². The molecule has 1 aliphatic carbocycles. The molecular formula is C19H23NO. The van der Waals surface area contributed by atoms with Gasteiger partial charge in [0.05, 0.1) is 7.11 Å². The smallest absolute Gasteiger partial charge is 0.123 e. The maximum absolute atomic E-state index is 5.44. The van der Waals surface area contributed by atoms with Crippen molar-refractivity contribution in [2.75, 3.05) is 7.11 Å². The molecule has 0 aromatic heterocycles. The summed E-state index contributed by atoms with van der Waals surface area (Å²) in [5.41, 5.74) is 2.93. The predicted octanol–water partition coefficient (Wildman–Crippen LogP) is 4.12. The summed E-state index contributed by atoms with van der Waals surface area (Å²) in [5, 5.41) is 3.78.